The van der Waals surface area contributed by atoms with E-state index in [-0.39, 0.29) is 17.9 Å². The van der Waals surface area contributed by atoms with E-state index in [2.05, 4.69) is 24.5 Å². The van der Waals surface area contributed by atoms with Gasteiger partial charge in [-0.05, 0) is 32.6 Å². The van der Waals surface area contributed by atoms with E-state index in [4.69, 9.17) is 4.74 Å². The number of hydrogen-bond donors (Lipinski definition) is 2. The van der Waals surface area contributed by atoms with Crippen molar-refractivity contribution in [2.45, 2.75) is 64.1 Å². The molecule has 4 nitrogen and oxygen atoms in total. The number of nitrogens with one attached hydrogen (secondary N) is 2. The number of amides is 1. The molecule has 2 saturated heterocycles. The van der Waals surface area contributed by atoms with Crippen molar-refractivity contribution in [3.05, 3.63) is 0 Å². The largest absolute Gasteiger partial charge is 0.377 e. The van der Waals surface area contributed by atoms with Gasteiger partial charge in [-0.25, -0.2) is 0 Å². The fraction of sp³-hybridized carbons (Fsp3) is 0.929. The second kappa shape index (κ2) is 6.53. The van der Waals surface area contributed by atoms with Crippen molar-refractivity contribution in [3.8, 4) is 0 Å². The smallest absolute Gasteiger partial charge is 0.225 e. The Kier molecular flexibility index (Phi) is 5.01. The number of ether oxygens (including phenoxy) is 1. The maximum absolute atomic E-state index is 12.1. The molecule has 18 heavy (non-hydrogen) atoms. The van der Waals surface area contributed by atoms with Gasteiger partial charge >= 0.3 is 0 Å². The van der Waals surface area contributed by atoms with Gasteiger partial charge in [-0.3, -0.25) is 4.79 Å². The molecule has 0 aromatic heterocycles. The highest BCUT2D eigenvalue weighted by Gasteiger charge is 2.32. The molecule has 2 N–H and O–H groups in total. The highest BCUT2D eigenvalue weighted by atomic mass is 16.5. The molecular weight excluding hydrogens is 228 g/mol. The predicted molar refractivity (Wildman–Crippen MR) is 71.4 cm³/mol. The number of piperidine rings is 1. The Labute approximate surface area is 110 Å². The van der Waals surface area contributed by atoms with E-state index in [0.29, 0.717) is 12.1 Å². The van der Waals surface area contributed by atoms with Gasteiger partial charge in [-0.15, -0.1) is 0 Å². The summed E-state index contributed by atoms with van der Waals surface area (Å²) in [6.07, 6.45) is 5.61. The Bertz CT molecular complexity index is 283. The van der Waals surface area contributed by atoms with Crippen LogP contribution < -0.4 is 10.6 Å². The molecule has 0 aliphatic carbocycles. The molecule has 0 radical (unpaired) electrons. The minimum Gasteiger partial charge on any atom is -0.377 e. The molecule has 2 fully saturated rings. The van der Waals surface area contributed by atoms with Crippen LogP contribution in [-0.4, -0.2) is 37.2 Å². The van der Waals surface area contributed by atoms with Crippen LogP contribution in [0.3, 0.4) is 0 Å². The van der Waals surface area contributed by atoms with Crippen LogP contribution in [0.4, 0.5) is 0 Å². The minimum atomic E-state index is 0.0658. The summed E-state index contributed by atoms with van der Waals surface area (Å²) < 4.78 is 5.57. The molecule has 2 aliphatic rings. The molecule has 104 valence electrons. The Balaban J connectivity index is 1.74. The topological polar surface area (TPSA) is 50.4 Å². The van der Waals surface area contributed by atoms with Crippen molar-refractivity contribution in [1.82, 2.24) is 10.6 Å². The van der Waals surface area contributed by atoms with Gasteiger partial charge in [0.25, 0.3) is 0 Å². The van der Waals surface area contributed by atoms with Crippen LogP contribution in [0, 0.1) is 5.92 Å². The number of hydrogen-bond acceptors (Lipinski definition) is 3. The molecule has 0 aromatic rings. The Morgan fingerprint density at radius 2 is 2.22 bits per heavy atom. The van der Waals surface area contributed by atoms with E-state index in [9.17, 15) is 4.79 Å². The molecule has 4 atom stereocenters. The summed E-state index contributed by atoms with van der Waals surface area (Å²) in [4.78, 5) is 12.1. The van der Waals surface area contributed by atoms with E-state index in [1.807, 2.05) is 0 Å². The summed E-state index contributed by atoms with van der Waals surface area (Å²) in [5.74, 6) is 0.246. The van der Waals surface area contributed by atoms with Crippen molar-refractivity contribution in [3.63, 3.8) is 0 Å². The third-order valence-electron chi connectivity index (χ3n) is 4.18. The van der Waals surface area contributed by atoms with E-state index in [0.717, 1.165) is 26.0 Å². The zero-order valence-electron chi connectivity index (χ0n) is 11.6. The lowest BCUT2D eigenvalue weighted by Crippen LogP contribution is -2.48. The maximum Gasteiger partial charge on any atom is 0.225 e. The summed E-state index contributed by atoms with van der Waals surface area (Å²) in [5, 5.41) is 6.64. The number of carbonyl (C=O) groups excluding carboxylic acids is 1. The molecule has 1 amide bonds. The normalized spacial score (nSPS) is 36.6. The molecule has 2 aliphatic heterocycles. The Morgan fingerprint density at radius 1 is 1.39 bits per heavy atom. The quantitative estimate of drug-likeness (QED) is 0.798. The zero-order chi connectivity index (χ0) is 13.0. The van der Waals surface area contributed by atoms with Gasteiger partial charge in [0, 0.05) is 25.2 Å². The first-order chi connectivity index (χ1) is 8.70. The molecule has 4 unspecified atom stereocenters. The number of rotatable bonds is 4. The first kappa shape index (κ1) is 13.8. The van der Waals surface area contributed by atoms with Gasteiger partial charge in [0.15, 0.2) is 0 Å². The first-order valence-electron chi connectivity index (χ1n) is 7.36. The monoisotopic (exact) mass is 254 g/mol. The van der Waals surface area contributed by atoms with Gasteiger partial charge in [0.05, 0.1) is 12.0 Å². The molecule has 2 heterocycles. The summed E-state index contributed by atoms with van der Waals surface area (Å²) in [7, 11) is 0. The summed E-state index contributed by atoms with van der Waals surface area (Å²) in [5.41, 5.74) is 0. The summed E-state index contributed by atoms with van der Waals surface area (Å²) >= 11 is 0. The Morgan fingerprint density at radius 3 is 2.94 bits per heavy atom. The van der Waals surface area contributed by atoms with Crippen molar-refractivity contribution < 1.29 is 9.53 Å². The SMILES string of the molecule is CCC1OCCC1C(=O)NCC1CCCC(C)N1. The maximum atomic E-state index is 12.1. The first-order valence-corrected chi connectivity index (χ1v) is 7.36. The van der Waals surface area contributed by atoms with Crippen LogP contribution in [0.15, 0.2) is 0 Å². The van der Waals surface area contributed by atoms with Crippen LogP contribution >= 0.6 is 0 Å². The van der Waals surface area contributed by atoms with Gasteiger partial charge < -0.3 is 15.4 Å². The fourth-order valence-corrected chi connectivity index (χ4v) is 3.11. The lowest BCUT2D eigenvalue weighted by molar-refractivity contribution is -0.126. The molecule has 4 heteroatoms. The van der Waals surface area contributed by atoms with Crippen molar-refractivity contribution in [2.75, 3.05) is 13.2 Å². The number of carbonyl (C=O) groups is 1. The third-order valence-corrected chi connectivity index (χ3v) is 4.18. The van der Waals surface area contributed by atoms with E-state index >= 15 is 0 Å². The molecule has 0 spiro atoms. The van der Waals surface area contributed by atoms with Gasteiger partial charge in [-0.2, -0.15) is 0 Å². The van der Waals surface area contributed by atoms with Crippen molar-refractivity contribution >= 4 is 5.91 Å². The molecular formula is C14H26N2O2. The lowest BCUT2D eigenvalue weighted by Gasteiger charge is -2.29. The average Bonchev–Trinajstić information content (AvgIpc) is 2.84. The van der Waals surface area contributed by atoms with Crippen molar-refractivity contribution in [1.29, 1.82) is 0 Å². The zero-order valence-corrected chi connectivity index (χ0v) is 11.6. The highest BCUT2D eigenvalue weighted by Crippen LogP contribution is 2.23. The fourth-order valence-electron chi connectivity index (χ4n) is 3.11. The average molecular weight is 254 g/mol. The molecule has 0 bridgehead atoms. The van der Waals surface area contributed by atoms with E-state index < -0.39 is 0 Å². The summed E-state index contributed by atoms with van der Waals surface area (Å²) in [6.45, 7) is 5.79. The molecule has 2 rings (SSSR count). The second-order valence-electron chi connectivity index (χ2n) is 5.65. The molecule has 0 saturated carbocycles. The highest BCUT2D eigenvalue weighted by molar-refractivity contribution is 5.79. The Hall–Kier alpha value is -0.610. The summed E-state index contributed by atoms with van der Waals surface area (Å²) in [6, 6.07) is 1.03. The van der Waals surface area contributed by atoms with Gasteiger partial charge in [-0.1, -0.05) is 13.3 Å². The van der Waals surface area contributed by atoms with E-state index in [1.54, 1.807) is 0 Å². The van der Waals surface area contributed by atoms with E-state index in [1.165, 1.54) is 19.3 Å². The van der Waals surface area contributed by atoms with Crippen molar-refractivity contribution in [2.24, 2.45) is 5.92 Å². The minimum absolute atomic E-state index is 0.0658. The van der Waals surface area contributed by atoms with Gasteiger partial charge in [0.1, 0.15) is 0 Å². The standard InChI is InChI=1S/C14H26N2O2/c1-3-13-12(7-8-18-13)14(17)15-9-11-6-4-5-10(2)16-11/h10-13,16H,3-9H2,1-2H3,(H,15,17). The molecule has 0 aromatic carbocycles. The van der Waals surface area contributed by atoms with Crippen LogP contribution in [0.2, 0.25) is 0 Å². The predicted octanol–water partition coefficient (Wildman–Crippen LogP) is 1.45. The van der Waals surface area contributed by atoms with Crippen LogP contribution in [0.5, 0.6) is 0 Å². The van der Waals surface area contributed by atoms with Crippen LogP contribution in [0.1, 0.15) is 46.0 Å². The lowest BCUT2D eigenvalue weighted by atomic mass is 9.97. The van der Waals surface area contributed by atoms with Gasteiger partial charge in [0.2, 0.25) is 5.91 Å². The third kappa shape index (κ3) is 3.45. The van der Waals surface area contributed by atoms with Crippen LogP contribution in [-0.2, 0) is 9.53 Å². The van der Waals surface area contributed by atoms with Crippen LogP contribution in [0.25, 0.3) is 0 Å². The second-order valence-corrected chi connectivity index (χ2v) is 5.65.